The molecule has 0 radical (unpaired) electrons. The lowest BCUT2D eigenvalue weighted by atomic mass is 10.1. The van der Waals surface area contributed by atoms with Crippen LogP contribution in [0.2, 0.25) is 0 Å². The van der Waals surface area contributed by atoms with Crippen LogP contribution in [-0.2, 0) is 16.1 Å². The average molecular weight is 390 g/mol. The van der Waals surface area contributed by atoms with Crippen molar-refractivity contribution in [3.8, 4) is 0 Å². The molecule has 24 heavy (non-hydrogen) atoms. The third-order valence-corrected chi connectivity index (χ3v) is 5.47. The third-order valence-electron chi connectivity index (χ3n) is 4.75. The number of rotatable bonds is 5. The first kappa shape index (κ1) is 15.8. The van der Waals surface area contributed by atoms with Gasteiger partial charge in [0.05, 0.1) is 24.5 Å². The van der Waals surface area contributed by atoms with E-state index in [1.54, 1.807) is 6.20 Å². The first-order valence-corrected chi connectivity index (χ1v) is 9.19. The molecular weight excluding hydrogens is 370 g/mol. The Morgan fingerprint density at radius 3 is 3.08 bits per heavy atom. The summed E-state index contributed by atoms with van der Waals surface area (Å²) in [7, 11) is 0. The zero-order chi connectivity index (χ0) is 16.5. The van der Waals surface area contributed by atoms with Gasteiger partial charge in [0.1, 0.15) is 0 Å². The Labute approximate surface area is 149 Å². The summed E-state index contributed by atoms with van der Waals surface area (Å²) in [5.41, 5.74) is 1.97. The second-order valence-corrected chi connectivity index (χ2v) is 7.40. The number of nitrogens with zero attached hydrogens (tertiary/aromatic N) is 2. The summed E-state index contributed by atoms with van der Waals surface area (Å²) in [5.74, 6) is 0.431. The average Bonchev–Trinajstić information content (AvgIpc) is 2.97. The van der Waals surface area contributed by atoms with Crippen LogP contribution in [0.3, 0.4) is 0 Å². The van der Waals surface area contributed by atoms with E-state index in [-0.39, 0.29) is 17.9 Å². The van der Waals surface area contributed by atoms with Crippen molar-refractivity contribution < 1.29 is 9.53 Å². The minimum atomic E-state index is 0.0465. The van der Waals surface area contributed by atoms with Crippen LogP contribution >= 0.6 is 15.9 Å². The van der Waals surface area contributed by atoms with Crippen molar-refractivity contribution in [1.29, 1.82) is 0 Å². The third kappa shape index (κ3) is 3.39. The number of nitrogens with one attached hydrogen (secondary N) is 1. The Morgan fingerprint density at radius 1 is 1.42 bits per heavy atom. The molecule has 0 unspecified atom stereocenters. The number of carbonyl (C=O) groups is 1. The fraction of sp³-hybridized carbons (Fsp3) is 0.444. The van der Waals surface area contributed by atoms with Crippen LogP contribution in [0.15, 0.2) is 41.1 Å². The first-order chi connectivity index (χ1) is 11.7. The van der Waals surface area contributed by atoms with Crippen molar-refractivity contribution in [3.05, 3.63) is 46.7 Å². The van der Waals surface area contributed by atoms with Crippen molar-refractivity contribution in [2.45, 2.75) is 37.8 Å². The maximum Gasteiger partial charge on any atom is 0.228 e. The Bertz CT molecular complexity index is 739. The number of hydrogen-bond acceptors (Lipinski definition) is 3. The molecule has 1 N–H and O–H groups in total. The summed E-state index contributed by atoms with van der Waals surface area (Å²) in [4.78, 5) is 12.4. The lowest BCUT2D eigenvalue weighted by Crippen LogP contribution is -2.16. The number of anilines is 1. The van der Waals surface area contributed by atoms with Crippen LogP contribution in [0.1, 0.15) is 30.7 Å². The quantitative estimate of drug-likeness (QED) is 0.850. The Balaban J connectivity index is 1.34. The minimum Gasteiger partial charge on any atom is -0.376 e. The second kappa shape index (κ2) is 6.69. The number of amides is 1. The van der Waals surface area contributed by atoms with Gasteiger partial charge in [0, 0.05) is 23.2 Å². The minimum absolute atomic E-state index is 0.0465. The van der Waals surface area contributed by atoms with Crippen molar-refractivity contribution in [1.82, 2.24) is 9.78 Å². The van der Waals surface area contributed by atoms with E-state index in [1.165, 1.54) is 5.56 Å². The van der Waals surface area contributed by atoms with Gasteiger partial charge in [-0.1, -0.05) is 34.1 Å². The molecular formula is C18H20BrN3O2. The second-order valence-electron chi connectivity index (χ2n) is 6.55. The molecule has 1 aliphatic carbocycles. The molecule has 6 heteroatoms. The lowest BCUT2D eigenvalue weighted by molar-refractivity contribution is -0.117. The fourth-order valence-electron chi connectivity index (χ4n) is 3.36. The number of hydrogen-bond donors (Lipinski definition) is 1. The van der Waals surface area contributed by atoms with Gasteiger partial charge in [-0.2, -0.15) is 5.10 Å². The molecule has 1 amide bonds. The maximum absolute atomic E-state index is 12.4. The molecule has 0 bridgehead atoms. The molecule has 1 saturated carbocycles. The Morgan fingerprint density at radius 2 is 2.29 bits per heavy atom. The van der Waals surface area contributed by atoms with E-state index >= 15 is 0 Å². The standard InChI is InChI=1S/C18H20BrN3O2/c19-17-6-2-1-5-14(17)15-8-16(15)18(23)21-12-9-20-22(10-12)11-13-4-3-7-24-13/h1-2,5-6,9-10,13,15-16H,3-4,7-8,11H2,(H,21,23)/t13-,15-,16+/m0/s1. The number of ether oxygens (including phenoxy) is 1. The largest absolute Gasteiger partial charge is 0.376 e. The lowest BCUT2D eigenvalue weighted by Gasteiger charge is -2.08. The molecule has 2 aliphatic rings. The molecule has 1 aliphatic heterocycles. The molecule has 1 aromatic heterocycles. The van der Waals surface area contributed by atoms with Crippen LogP contribution in [0.25, 0.3) is 0 Å². The summed E-state index contributed by atoms with van der Waals surface area (Å²) in [6.45, 7) is 1.59. The highest BCUT2D eigenvalue weighted by atomic mass is 79.9. The van der Waals surface area contributed by atoms with Gasteiger partial charge in [-0.25, -0.2) is 0 Å². The summed E-state index contributed by atoms with van der Waals surface area (Å²) in [5, 5.41) is 7.31. The zero-order valence-electron chi connectivity index (χ0n) is 13.3. The molecule has 2 fully saturated rings. The summed E-state index contributed by atoms with van der Waals surface area (Å²) in [6.07, 6.45) is 6.94. The smallest absolute Gasteiger partial charge is 0.228 e. The van der Waals surface area contributed by atoms with Crippen molar-refractivity contribution in [2.24, 2.45) is 5.92 Å². The van der Waals surface area contributed by atoms with E-state index in [9.17, 15) is 4.79 Å². The van der Waals surface area contributed by atoms with Gasteiger partial charge in [-0.15, -0.1) is 0 Å². The number of benzene rings is 1. The Kier molecular flexibility index (Phi) is 4.41. The molecule has 0 spiro atoms. The van der Waals surface area contributed by atoms with Gasteiger partial charge in [-0.05, 0) is 36.8 Å². The predicted octanol–water partition coefficient (Wildman–Crippen LogP) is 3.57. The molecule has 3 atom stereocenters. The molecule has 5 nitrogen and oxygen atoms in total. The molecule has 1 aromatic carbocycles. The van der Waals surface area contributed by atoms with Gasteiger partial charge in [0.25, 0.3) is 0 Å². The number of carbonyl (C=O) groups excluding carboxylic acids is 1. The summed E-state index contributed by atoms with van der Waals surface area (Å²) in [6, 6.07) is 8.12. The normalized spacial score (nSPS) is 25.6. The number of halogens is 1. The van der Waals surface area contributed by atoms with Crippen LogP contribution in [0, 0.1) is 5.92 Å². The molecule has 2 heterocycles. The topological polar surface area (TPSA) is 56.2 Å². The summed E-state index contributed by atoms with van der Waals surface area (Å²) < 4.78 is 8.55. The number of aromatic nitrogens is 2. The molecule has 4 rings (SSSR count). The fourth-order valence-corrected chi connectivity index (χ4v) is 3.94. The van der Waals surface area contributed by atoms with Gasteiger partial charge in [0.15, 0.2) is 0 Å². The molecule has 2 aromatic rings. The van der Waals surface area contributed by atoms with E-state index in [4.69, 9.17) is 4.74 Å². The van der Waals surface area contributed by atoms with Crippen molar-refractivity contribution >= 4 is 27.5 Å². The van der Waals surface area contributed by atoms with E-state index in [2.05, 4.69) is 32.4 Å². The van der Waals surface area contributed by atoms with Gasteiger partial charge in [-0.3, -0.25) is 9.48 Å². The van der Waals surface area contributed by atoms with Crippen LogP contribution in [-0.4, -0.2) is 28.4 Å². The monoisotopic (exact) mass is 389 g/mol. The van der Waals surface area contributed by atoms with E-state index in [0.29, 0.717) is 5.92 Å². The molecule has 126 valence electrons. The van der Waals surface area contributed by atoms with E-state index in [0.717, 1.165) is 42.6 Å². The predicted molar refractivity (Wildman–Crippen MR) is 94.8 cm³/mol. The van der Waals surface area contributed by atoms with Crippen LogP contribution in [0.4, 0.5) is 5.69 Å². The van der Waals surface area contributed by atoms with E-state index < -0.39 is 0 Å². The van der Waals surface area contributed by atoms with Gasteiger partial charge in [0.2, 0.25) is 5.91 Å². The van der Waals surface area contributed by atoms with Crippen molar-refractivity contribution in [3.63, 3.8) is 0 Å². The zero-order valence-corrected chi connectivity index (χ0v) is 14.9. The summed E-state index contributed by atoms with van der Waals surface area (Å²) >= 11 is 3.57. The maximum atomic E-state index is 12.4. The first-order valence-electron chi connectivity index (χ1n) is 8.40. The van der Waals surface area contributed by atoms with Gasteiger partial charge < -0.3 is 10.1 Å². The van der Waals surface area contributed by atoms with E-state index in [1.807, 2.05) is 29.1 Å². The highest BCUT2D eigenvalue weighted by Gasteiger charge is 2.44. The molecule has 1 saturated heterocycles. The van der Waals surface area contributed by atoms with Crippen LogP contribution < -0.4 is 5.32 Å². The van der Waals surface area contributed by atoms with Crippen molar-refractivity contribution in [2.75, 3.05) is 11.9 Å². The highest BCUT2D eigenvalue weighted by Crippen LogP contribution is 2.50. The highest BCUT2D eigenvalue weighted by molar-refractivity contribution is 9.10. The van der Waals surface area contributed by atoms with Crippen LogP contribution in [0.5, 0.6) is 0 Å². The van der Waals surface area contributed by atoms with Gasteiger partial charge >= 0.3 is 0 Å². The SMILES string of the molecule is O=C(Nc1cnn(C[C@@H]2CCCO2)c1)[C@@H]1C[C@H]1c1ccccc1Br. The Hall–Kier alpha value is -1.66.